The van der Waals surface area contributed by atoms with Gasteiger partial charge in [0.25, 0.3) is 0 Å². The normalized spacial score (nSPS) is 10.7. The van der Waals surface area contributed by atoms with E-state index in [4.69, 9.17) is 34.8 Å². The van der Waals surface area contributed by atoms with E-state index in [1.165, 1.54) is 11.8 Å². The van der Waals surface area contributed by atoms with Gasteiger partial charge < -0.3 is 5.32 Å². The third-order valence-electron chi connectivity index (χ3n) is 3.14. The summed E-state index contributed by atoms with van der Waals surface area (Å²) in [5, 5.41) is 12.8. The van der Waals surface area contributed by atoms with Crippen LogP contribution in [-0.2, 0) is 4.79 Å². The Bertz CT molecular complexity index is 916. The van der Waals surface area contributed by atoms with Gasteiger partial charge >= 0.3 is 0 Å². The summed E-state index contributed by atoms with van der Waals surface area (Å²) in [6.07, 6.45) is 1.57. The molecule has 9 heteroatoms. The summed E-state index contributed by atoms with van der Waals surface area (Å²) in [6, 6.07) is 12.2. The van der Waals surface area contributed by atoms with E-state index in [1.54, 1.807) is 41.2 Å². The first kappa shape index (κ1) is 18.1. The summed E-state index contributed by atoms with van der Waals surface area (Å²) in [4.78, 5) is 12.2. The molecule has 3 rings (SSSR count). The van der Waals surface area contributed by atoms with Gasteiger partial charge in [-0.2, -0.15) is 0 Å². The predicted molar refractivity (Wildman–Crippen MR) is 102 cm³/mol. The van der Waals surface area contributed by atoms with Crippen molar-refractivity contribution in [2.75, 3.05) is 11.1 Å². The van der Waals surface area contributed by atoms with Gasteiger partial charge in [0.05, 0.1) is 22.2 Å². The van der Waals surface area contributed by atoms with Crippen LogP contribution in [0.1, 0.15) is 0 Å². The molecule has 1 N–H and O–H groups in total. The number of nitrogens with one attached hydrogen (secondary N) is 1. The molecule has 0 aliphatic carbocycles. The van der Waals surface area contributed by atoms with Crippen molar-refractivity contribution >= 4 is 58.2 Å². The first-order valence-electron chi connectivity index (χ1n) is 7.06. The van der Waals surface area contributed by atoms with Gasteiger partial charge in [0.2, 0.25) is 5.91 Å². The first-order chi connectivity index (χ1) is 12.0. The maximum absolute atomic E-state index is 12.2. The smallest absolute Gasteiger partial charge is 0.234 e. The third-order valence-corrected chi connectivity index (χ3v) is 4.88. The van der Waals surface area contributed by atoms with Gasteiger partial charge in [-0.1, -0.05) is 52.6 Å². The second kappa shape index (κ2) is 8.10. The molecule has 2 aromatic carbocycles. The molecule has 0 bridgehead atoms. The Morgan fingerprint density at radius 3 is 2.72 bits per heavy atom. The predicted octanol–water partition coefficient (Wildman–Crippen LogP) is 4.96. The molecule has 0 radical (unpaired) electrons. The van der Waals surface area contributed by atoms with Crippen LogP contribution in [0.25, 0.3) is 5.69 Å². The fourth-order valence-corrected chi connectivity index (χ4v) is 3.29. The molecular weight excluding hydrogens is 403 g/mol. The lowest BCUT2D eigenvalue weighted by Crippen LogP contribution is -2.14. The molecule has 0 fully saturated rings. The number of amides is 1. The van der Waals surface area contributed by atoms with Crippen LogP contribution in [0.4, 0.5) is 5.69 Å². The molecule has 1 amide bonds. The number of thioether (sulfide) groups is 1. The highest BCUT2D eigenvalue weighted by atomic mass is 35.5. The Kier molecular flexibility index (Phi) is 5.86. The zero-order valence-corrected chi connectivity index (χ0v) is 15.7. The Morgan fingerprint density at radius 2 is 1.92 bits per heavy atom. The van der Waals surface area contributed by atoms with E-state index >= 15 is 0 Å². The molecule has 0 saturated carbocycles. The van der Waals surface area contributed by atoms with Crippen LogP contribution < -0.4 is 5.32 Å². The molecule has 3 aromatic rings. The molecule has 0 spiro atoms. The largest absolute Gasteiger partial charge is 0.324 e. The van der Waals surface area contributed by atoms with Gasteiger partial charge in [0.15, 0.2) is 5.16 Å². The van der Waals surface area contributed by atoms with Crippen molar-refractivity contribution in [1.82, 2.24) is 14.8 Å². The van der Waals surface area contributed by atoms with E-state index < -0.39 is 0 Å². The second-order valence-corrected chi connectivity index (χ2v) is 7.15. The zero-order valence-electron chi connectivity index (χ0n) is 12.6. The van der Waals surface area contributed by atoms with Crippen LogP contribution in [-0.4, -0.2) is 26.4 Å². The highest BCUT2D eigenvalue weighted by Crippen LogP contribution is 2.26. The SMILES string of the molecule is O=C(CSc1nncn1-c1cccc(Cl)c1)Nc1cc(Cl)ccc1Cl. The minimum Gasteiger partial charge on any atom is -0.324 e. The molecule has 25 heavy (non-hydrogen) atoms. The monoisotopic (exact) mass is 412 g/mol. The highest BCUT2D eigenvalue weighted by molar-refractivity contribution is 7.99. The lowest BCUT2D eigenvalue weighted by molar-refractivity contribution is -0.113. The van der Waals surface area contributed by atoms with E-state index in [0.717, 1.165) is 5.69 Å². The average molecular weight is 414 g/mol. The molecule has 0 unspecified atom stereocenters. The van der Waals surface area contributed by atoms with Crippen molar-refractivity contribution in [3.8, 4) is 5.69 Å². The quantitative estimate of drug-likeness (QED) is 0.601. The Labute approximate surface area is 163 Å². The molecule has 5 nitrogen and oxygen atoms in total. The summed E-state index contributed by atoms with van der Waals surface area (Å²) in [5.41, 5.74) is 1.29. The first-order valence-corrected chi connectivity index (χ1v) is 9.18. The molecular formula is C16H11Cl3N4OS. The second-order valence-electron chi connectivity index (χ2n) is 4.92. The lowest BCUT2D eigenvalue weighted by Gasteiger charge is -2.08. The number of aromatic nitrogens is 3. The molecule has 1 aromatic heterocycles. The van der Waals surface area contributed by atoms with E-state index in [9.17, 15) is 4.79 Å². The average Bonchev–Trinajstić information content (AvgIpc) is 3.05. The van der Waals surface area contributed by atoms with E-state index in [-0.39, 0.29) is 11.7 Å². The summed E-state index contributed by atoms with van der Waals surface area (Å²) in [7, 11) is 0. The van der Waals surface area contributed by atoms with Crippen LogP contribution in [0.15, 0.2) is 53.9 Å². The summed E-state index contributed by atoms with van der Waals surface area (Å²) >= 11 is 19.2. The minimum absolute atomic E-state index is 0.141. The number of halogens is 3. The fourth-order valence-electron chi connectivity index (χ4n) is 2.04. The van der Waals surface area contributed by atoms with Gasteiger partial charge in [0.1, 0.15) is 6.33 Å². The van der Waals surface area contributed by atoms with Crippen LogP contribution in [0, 0.1) is 0 Å². The van der Waals surface area contributed by atoms with E-state index in [2.05, 4.69) is 15.5 Å². The zero-order chi connectivity index (χ0) is 17.8. The van der Waals surface area contributed by atoms with Crippen molar-refractivity contribution < 1.29 is 4.79 Å². The molecule has 0 saturated heterocycles. The van der Waals surface area contributed by atoms with Gasteiger partial charge in [-0.3, -0.25) is 9.36 Å². The Hall–Kier alpha value is -1.73. The number of hydrogen-bond acceptors (Lipinski definition) is 4. The van der Waals surface area contributed by atoms with Crippen molar-refractivity contribution in [2.45, 2.75) is 5.16 Å². The number of carbonyl (C=O) groups is 1. The van der Waals surface area contributed by atoms with Crippen molar-refractivity contribution in [3.63, 3.8) is 0 Å². The van der Waals surface area contributed by atoms with Crippen molar-refractivity contribution in [3.05, 3.63) is 63.9 Å². The number of hydrogen-bond donors (Lipinski definition) is 1. The topological polar surface area (TPSA) is 59.8 Å². The Balaban J connectivity index is 1.67. The lowest BCUT2D eigenvalue weighted by atomic mass is 10.3. The van der Waals surface area contributed by atoms with Crippen LogP contribution in [0.5, 0.6) is 0 Å². The molecule has 0 atom stereocenters. The van der Waals surface area contributed by atoms with E-state index in [0.29, 0.717) is 25.9 Å². The van der Waals surface area contributed by atoms with Crippen LogP contribution in [0.3, 0.4) is 0 Å². The summed E-state index contributed by atoms with van der Waals surface area (Å²) < 4.78 is 1.76. The summed E-state index contributed by atoms with van der Waals surface area (Å²) in [6.45, 7) is 0. The highest BCUT2D eigenvalue weighted by Gasteiger charge is 2.12. The van der Waals surface area contributed by atoms with Crippen LogP contribution in [0.2, 0.25) is 15.1 Å². The third kappa shape index (κ3) is 4.67. The number of anilines is 1. The maximum atomic E-state index is 12.2. The maximum Gasteiger partial charge on any atom is 0.234 e. The molecule has 0 aliphatic heterocycles. The minimum atomic E-state index is -0.227. The fraction of sp³-hybridized carbons (Fsp3) is 0.0625. The summed E-state index contributed by atoms with van der Waals surface area (Å²) in [5.74, 6) is -0.0861. The molecule has 128 valence electrons. The number of nitrogens with zero attached hydrogens (tertiary/aromatic N) is 3. The van der Waals surface area contributed by atoms with Gasteiger partial charge in [-0.25, -0.2) is 0 Å². The number of carbonyl (C=O) groups excluding carboxylic acids is 1. The van der Waals surface area contributed by atoms with E-state index in [1.807, 2.05) is 12.1 Å². The van der Waals surface area contributed by atoms with Gasteiger partial charge in [-0.05, 0) is 36.4 Å². The van der Waals surface area contributed by atoms with Gasteiger partial charge in [-0.15, -0.1) is 10.2 Å². The van der Waals surface area contributed by atoms with Crippen molar-refractivity contribution in [2.24, 2.45) is 0 Å². The standard InChI is InChI=1S/C16H11Cl3N4OS/c17-10-2-1-3-12(6-10)23-9-20-22-16(23)25-8-15(24)21-14-7-11(18)4-5-13(14)19/h1-7,9H,8H2,(H,21,24). The van der Waals surface area contributed by atoms with Gasteiger partial charge in [0, 0.05) is 10.0 Å². The van der Waals surface area contributed by atoms with Crippen LogP contribution >= 0.6 is 46.6 Å². The molecule has 1 heterocycles. The number of rotatable bonds is 5. The Morgan fingerprint density at radius 1 is 1.12 bits per heavy atom. The van der Waals surface area contributed by atoms with Crippen molar-refractivity contribution in [1.29, 1.82) is 0 Å². The molecule has 0 aliphatic rings. The number of benzene rings is 2.